The Balaban J connectivity index is 2.02. The van der Waals surface area contributed by atoms with Gasteiger partial charge in [0.15, 0.2) is 0 Å². The lowest BCUT2D eigenvalue weighted by Crippen LogP contribution is -2.30. The summed E-state index contributed by atoms with van der Waals surface area (Å²) in [7, 11) is 2.10. The lowest BCUT2D eigenvalue weighted by Gasteiger charge is -2.28. The van der Waals surface area contributed by atoms with Crippen LogP contribution in [0.2, 0.25) is 5.02 Å². The van der Waals surface area contributed by atoms with Crippen LogP contribution in [0.3, 0.4) is 0 Å². The highest BCUT2D eigenvalue weighted by Gasteiger charge is 2.16. The molecule has 0 bridgehead atoms. The maximum atomic E-state index is 6.28. The lowest BCUT2D eigenvalue weighted by molar-refractivity contribution is 0.0576. The summed E-state index contributed by atoms with van der Waals surface area (Å²) in [6.07, 6.45) is 2.42. The normalized spacial score (nSPS) is 21.2. The second-order valence-corrected chi connectivity index (χ2v) is 5.87. The summed E-state index contributed by atoms with van der Waals surface area (Å²) in [6.45, 7) is 4.74. The van der Waals surface area contributed by atoms with Crippen LogP contribution in [-0.4, -0.2) is 26.8 Å². The largest absolute Gasteiger partial charge is 0.381 e. The Morgan fingerprint density at radius 3 is 2.89 bits per heavy atom. The van der Waals surface area contributed by atoms with E-state index in [0.29, 0.717) is 5.92 Å². The Morgan fingerprint density at radius 1 is 1.53 bits per heavy atom. The minimum Gasteiger partial charge on any atom is -0.381 e. The summed E-state index contributed by atoms with van der Waals surface area (Å²) < 4.78 is 5.52. The highest BCUT2D eigenvalue weighted by Crippen LogP contribution is 2.27. The average molecular weight is 283 g/mol. The Kier molecular flexibility index (Phi) is 5.08. The molecule has 0 aliphatic carbocycles. The van der Waals surface area contributed by atoms with Crippen molar-refractivity contribution in [1.82, 2.24) is 0 Å². The smallest absolute Gasteiger partial charge is 0.0511 e. The van der Waals surface area contributed by atoms with Crippen molar-refractivity contribution in [2.24, 2.45) is 11.7 Å². The SMILES string of the molecule is CC(N)c1ccc(N(C)CC2CCCOC2)cc1Cl. The zero-order valence-corrected chi connectivity index (χ0v) is 12.5. The van der Waals surface area contributed by atoms with Gasteiger partial charge in [-0.25, -0.2) is 0 Å². The van der Waals surface area contributed by atoms with E-state index < -0.39 is 0 Å². The summed E-state index contributed by atoms with van der Waals surface area (Å²) >= 11 is 6.28. The molecule has 1 fully saturated rings. The molecule has 3 nitrogen and oxygen atoms in total. The van der Waals surface area contributed by atoms with Crippen molar-refractivity contribution in [3.8, 4) is 0 Å². The summed E-state index contributed by atoms with van der Waals surface area (Å²) in [5.74, 6) is 0.616. The van der Waals surface area contributed by atoms with E-state index >= 15 is 0 Å². The fourth-order valence-electron chi connectivity index (χ4n) is 2.57. The van der Waals surface area contributed by atoms with Crippen molar-refractivity contribution in [1.29, 1.82) is 0 Å². The number of nitrogens with two attached hydrogens (primary N) is 1. The predicted molar refractivity (Wildman–Crippen MR) is 80.9 cm³/mol. The first kappa shape index (κ1) is 14.6. The molecule has 2 atom stereocenters. The Morgan fingerprint density at radius 2 is 2.32 bits per heavy atom. The van der Waals surface area contributed by atoms with E-state index in [1.165, 1.54) is 12.8 Å². The van der Waals surface area contributed by atoms with Crippen LogP contribution in [0.15, 0.2) is 18.2 Å². The van der Waals surface area contributed by atoms with E-state index in [2.05, 4.69) is 18.0 Å². The van der Waals surface area contributed by atoms with Gasteiger partial charge in [0.25, 0.3) is 0 Å². The molecule has 2 N–H and O–H groups in total. The molecule has 1 aliphatic heterocycles. The van der Waals surface area contributed by atoms with Crippen molar-refractivity contribution in [3.63, 3.8) is 0 Å². The van der Waals surface area contributed by atoms with Gasteiger partial charge in [0.05, 0.1) is 6.61 Å². The third-order valence-electron chi connectivity index (χ3n) is 3.70. The molecule has 2 rings (SSSR count). The number of benzene rings is 1. The van der Waals surface area contributed by atoms with Crippen molar-refractivity contribution in [2.75, 3.05) is 31.7 Å². The molecule has 0 radical (unpaired) electrons. The second kappa shape index (κ2) is 6.60. The summed E-state index contributed by atoms with van der Waals surface area (Å²) in [5, 5.41) is 0.749. The van der Waals surface area contributed by atoms with Gasteiger partial charge >= 0.3 is 0 Å². The molecule has 4 heteroatoms. The highest BCUT2D eigenvalue weighted by molar-refractivity contribution is 6.31. The highest BCUT2D eigenvalue weighted by atomic mass is 35.5. The molecule has 0 saturated carbocycles. The number of ether oxygens (including phenoxy) is 1. The first-order valence-electron chi connectivity index (χ1n) is 6.92. The molecule has 1 aromatic rings. The third kappa shape index (κ3) is 3.85. The van der Waals surface area contributed by atoms with Crippen LogP contribution in [0.25, 0.3) is 0 Å². The molecule has 1 saturated heterocycles. The van der Waals surface area contributed by atoms with Crippen molar-refractivity contribution >= 4 is 17.3 Å². The standard InChI is InChI=1S/C15H23ClN2O/c1-11(17)14-6-5-13(8-15(14)16)18(2)9-12-4-3-7-19-10-12/h5-6,8,11-12H,3-4,7,9-10,17H2,1-2H3. The molecule has 0 amide bonds. The number of hydrogen-bond donors (Lipinski definition) is 1. The van der Waals surface area contributed by atoms with E-state index in [0.717, 1.165) is 36.0 Å². The van der Waals surface area contributed by atoms with Gasteiger partial charge in [0, 0.05) is 37.0 Å². The monoisotopic (exact) mass is 282 g/mol. The summed E-state index contributed by atoms with van der Waals surface area (Å²) in [4.78, 5) is 2.25. The van der Waals surface area contributed by atoms with Crippen LogP contribution >= 0.6 is 11.6 Å². The van der Waals surface area contributed by atoms with Crippen molar-refractivity contribution in [2.45, 2.75) is 25.8 Å². The van der Waals surface area contributed by atoms with Gasteiger partial charge in [-0.1, -0.05) is 17.7 Å². The van der Waals surface area contributed by atoms with E-state index in [1.807, 2.05) is 19.1 Å². The first-order chi connectivity index (χ1) is 9.08. The Bertz CT molecular complexity index is 417. The molecule has 2 unspecified atom stereocenters. The summed E-state index contributed by atoms with van der Waals surface area (Å²) in [6, 6.07) is 6.09. The molecule has 0 spiro atoms. The van der Waals surface area contributed by atoms with Crippen LogP contribution in [0.5, 0.6) is 0 Å². The van der Waals surface area contributed by atoms with Crippen LogP contribution in [0.4, 0.5) is 5.69 Å². The number of anilines is 1. The number of halogens is 1. The minimum absolute atomic E-state index is 0.0291. The minimum atomic E-state index is -0.0291. The fraction of sp³-hybridized carbons (Fsp3) is 0.600. The van der Waals surface area contributed by atoms with Crippen LogP contribution < -0.4 is 10.6 Å². The van der Waals surface area contributed by atoms with Gasteiger partial charge in [-0.2, -0.15) is 0 Å². The van der Waals surface area contributed by atoms with Crippen molar-refractivity contribution in [3.05, 3.63) is 28.8 Å². The van der Waals surface area contributed by atoms with Gasteiger partial charge < -0.3 is 15.4 Å². The molecule has 1 aromatic carbocycles. The average Bonchev–Trinajstić information content (AvgIpc) is 2.39. The van der Waals surface area contributed by atoms with Crippen molar-refractivity contribution < 1.29 is 4.74 Å². The maximum absolute atomic E-state index is 6.28. The van der Waals surface area contributed by atoms with E-state index in [9.17, 15) is 0 Å². The first-order valence-corrected chi connectivity index (χ1v) is 7.29. The molecule has 1 aliphatic rings. The topological polar surface area (TPSA) is 38.5 Å². The third-order valence-corrected chi connectivity index (χ3v) is 4.03. The quantitative estimate of drug-likeness (QED) is 0.921. The number of nitrogens with zero attached hydrogens (tertiary/aromatic N) is 1. The Hall–Kier alpha value is -0.770. The zero-order chi connectivity index (χ0) is 13.8. The van der Waals surface area contributed by atoms with Crippen LogP contribution in [-0.2, 0) is 4.74 Å². The molecule has 1 heterocycles. The van der Waals surface area contributed by atoms with Gasteiger partial charge in [-0.3, -0.25) is 0 Å². The van der Waals surface area contributed by atoms with E-state index in [-0.39, 0.29) is 6.04 Å². The van der Waals surface area contributed by atoms with Gasteiger partial charge in [0.1, 0.15) is 0 Å². The Labute approximate surface area is 120 Å². The zero-order valence-electron chi connectivity index (χ0n) is 11.7. The van der Waals surface area contributed by atoms with Crippen LogP contribution in [0.1, 0.15) is 31.4 Å². The molecule has 0 aromatic heterocycles. The van der Waals surface area contributed by atoms with Crippen LogP contribution in [0, 0.1) is 5.92 Å². The number of hydrogen-bond acceptors (Lipinski definition) is 3. The molecular weight excluding hydrogens is 260 g/mol. The lowest BCUT2D eigenvalue weighted by atomic mass is 10.0. The maximum Gasteiger partial charge on any atom is 0.0511 e. The van der Waals surface area contributed by atoms with E-state index in [1.54, 1.807) is 0 Å². The molecule has 106 valence electrons. The predicted octanol–water partition coefficient (Wildman–Crippen LogP) is 3.22. The van der Waals surface area contributed by atoms with E-state index in [4.69, 9.17) is 22.1 Å². The van der Waals surface area contributed by atoms with Gasteiger partial charge in [-0.05, 0) is 43.4 Å². The van der Waals surface area contributed by atoms with Gasteiger partial charge in [0.2, 0.25) is 0 Å². The summed E-state index contributed by atoms with van der Waals surface area (Å²) in [5.41, 5.74) is 8.01. The van der Waals surface area contributed by atoms with Gasteiger partial charge in [-0.15, -0.1) is 0 Å². The second-order valence-electron chi connectivity index (χ2n) is 5.46. The fourth-order valence-corrected chi connectivity index (χ4v) is 2.91. The molecule has 19 heavy (non-hydrogen) atoms. The number of rotatable bonds is 4. The molecular formula is C15H23ClN2O.